The molecule has 0 fully saturated rings. The van der Waals surface area contributed by atoms with Crippen molar-refractivity contribution in [3.8, 4) is 0 Å². The molecular formula is C12H17IN2O. The second-order valence-corrected chi connectivity index (χ2v) is 4.65. The Hall–Kier alpha value is -0.620. The SMILES string of the molecule is CCN(CC)CC(=O)Nc1ccccc1I. The van der Waals surface area contributed by atoms with Crippen LogP contribution in [0.25, 0.3) is 0 Å². The zero-order valence-corrected chi connectivity index (χ0v) is 11.8. The minimum atomic E-state index is 0.0489. The molecule has 0 aromatic heterocycles. The Kier molecular flexibility index (Phi) is 5.76. The van der Waals surface area contributed by atoms with Crippen molar-refractivity contribution in [1.29, 1.82) is 0 Å². The lowest BCUT2D eigenvalue weighted by Gasteiger charge is -2.17. The fourth-order valence-corrected chi connectivity index (χ4v) is 1.92. The molecule has 1 N–H and O–H groups in total. The molecular weight excluding hydrogens is 315 g/mol. The Labute approximate surface area is 110 Å². The first-order valence-corrected chi connectivity index (χ1v) is 6.52. The number of hydrogen-bond acceptors (Lipinski definition) is 2. The van der Waals surface area contributed by atoms with E-state index >= 15 is 0 Å². The number of hydrogen-bond donors (Lipinski definition) is 1. The normalized spacial score (nSPS) is 10.5. The van der Waals surface area contributed by atoms with Crippen LogP contribution in [0.4, 0.5) is 5.69 Å². The number of anilines is 1. The molecule has 0 aliphatic rings. The third-order valence-corrected chi connectivity index (χ3v) is 3.35. The number of nitrogens with one attached hydrogen (secondary N) is 1. The van der Waals surface area contributed by atoms with Crippen LogP contribution in [-0.2, 0) is 4.79 Å². The van der Waals surface area contributed by atoms with E-state index in [0.717, 1.165) is 22.3 Å². The Morgan fingerprint density at radius 1 is 1.31 bits per heavy atom. The summed E-state index contributed by atoms with van der Waals surface area (Å²) in [6.07, 6.45) is 0. The minimum Gasteiger partial charge on any atom is -0.324 e. The lowest BCUT2D eigenvalue weighted by atomic mass is 10.3. The maximum absolute atomic E-state index is 11.7. The smallest absolute Gasteiger partial charge is 0.238 e. The summed E-state index contributed by atoms with van der Waals surface area (Å²) in [6, 6.07) is 7.78. The Morgan fingerprint density at radius 2 is 1.94 bits per heavy atom. The largest absolute Gasteiger partial charge is 0.324 e. The molecule has 0 heterocycles. The molecule has 1 aromatic rings. The van der Waals surface area contributed by atoms with Crippen molar-refractivity contribution in [2.45, 2.75) is 13.8 Å². The molecule has 16 heavy (non-hydrogen) atoms. The van der Waals surface area contributed by atoms with Gasteiger partial charge in [-0.1, -0.05) is 26.0 Å². The molecule has 0 saturated carbocycles. The van der Waals surface area contributed by atoms with E-state index in [1.54, 1.807) is 0 Å². The summed E-state index contributed by atoms with van der Waals surface area (Å²) in [5, 5.41) is 2.92. The number of benzene rings is 1. The third-order valence-electron chi connectivity index (χ3n) is 2.41. The van der Waals surface area contributed by atoms with Crippen LogP contribution in [-0.4, -0.2) is 30.4 Å². The Bertz CT molecular complexity index is 351. The number of amides is 1. The molecule has 3 nitrogen and oxygen atoms in total. The second-order valence-electron chi connectivity index (χ2n) is 3.49. The van der Waals surface area contributed by atoms with Gasteiger partial charge >= 0.3 is 0 Å². The van der Waals surface area contributed by atoms with Crippen molar-refractivity contribution in [3.63, 3.8) is 0 Å². The van der Waals surface area contributed by atoms with Crippen LogP contribution in [0.5, 0.6) is 0 Å². The van der Waals surface area contributed by atoms with Gasteiger partial charge in [-0.3, -0.25) is 9.69 Å². The summed E-state index contributed by atoms with van der Waals surface area (Å²) in [6.45, 7) is 6.37. The van der Waals surface area contributed by atoms with Crippen LogP contribution in [0, 0.1) is 3.57 Å². The van der Waals surface area contributed by atoms with Crippen LogP contribution in [0.2, 0.25) is 0 Å². The van der Waals surface area contributed by atoms with Crippen molar-refractivity contribution < 1.29 is 4.79 Å². The fourth-order valence-electron chi connectivity index (χ4n) is 1.40. The van der Waals surface area contributed by atoms with Gasteiger partial charge in [0.25, 0.3) is 0 Å². The zero-order chi connectivity index (χ0) is 12.0. The van der Waals surface area contributed by atoms with Crippen molar-refractivity contribution in [2.75, 3.05) is 25.0 Å². The quantitative estimate of drug-likeness (QED) is 0.841. The molecule has 0 radical (unpaired) electrons. The summed E-state index contributed by atoms with van der Waals surface area (Å²) in [7, 11) is 0. The Morgan fingerprint density at radius 3 is 2.50 bits per heavy atom. The van der Waals surface area contributed by atoms with E-state index in [0.29, 0.717) is 6.54 Å². The van der Waals surface area contributed by atoms with E-state index in [-0.39, 0.29) is 5.91 Å². The van der Waals surface area contributed by atoms with Crippen LogP contribution < -0.4 is 5.32 Å². The molecule has 0 saturated heterocycles. The molecule has 0 aliphatic heterocycles. The first-order chi connectivity index (χ1) is 7.67. The fraction of sp³-hybridized carbons (Fsp3) is 0.417. The number of nitrogens with zero attached hydrogens (tertiary/aromatic N) is 1. The van der Waals surface area contributed by atoms with Gasteiger partial charge in [0.05, 0.1) is 12.2 Å². The minimum absolute atomic E-state index is 0.0489. The van der Waals surface area contributed by atoms with Gasteiger partial charge in [-0.2, -0.15) is 0 Å². The lowest BCUT2D eigenvalue weighted by molar-refractivity contribution is -0.117. The van der Waals surface area contributed by atoms with Gasteiger partial charge in [0, 0.05) is 3.57 Å². The summed E-state index contributed by atoms with van der Waals surface area (Å²) in [5.41, 5.74) is 0.889. The van der Waals surface area contributed by atoms with E-state index in [1.807, 2.05) is 24.3 Å². The molecule has 0 unspecified atom stereocenters. The topological polar surface area (TPSA) is 32.3 Å². The number of likely N-dealkylation sites (N-methyl/N-ethyl adjacent to an activating group) is 1. The van der Waals surface area contributed by atoms with E-state index in [4.69, 9.17) is 0 Å². The summed E-state index contributed by atoms with van der Waals surface area (Å²) < 4.78 is 1.06. The van der Waals surface area contributed by atoms with Crippen LogP contribution in [0.15, 0.2) is 24.3 Å². The van der Waals surface area contributed by atoms with Crippen LogP contribution in [0.1, 0.15) is 13.8 Å². The van der Waals surface area contributed by atoms with Crippen LogP contribution >= 0.6 is 22.6 Å². The highest BCUT2D eigenvalue weighted by molar-refractivity contribution is 14.1. The number of halogens is 1. The van der Waals surface area contributed by atoms with E-state index in [2.05, 4.69) is 46.7 Å². The number of para-hydroxylation sites is 1. The average molecular weight is 332 g/mol. The average Bonchev–Trinajstić information content (AvgIpc) is 2.29. The van der Waals surface area contributed by atoms with Gasteiger partial charge in [0.15, 0.2) is 0 Å². The zero-order valence-electron chi connectivity index (χ0n) is 9.66. The Balaban J connectivity index is 2.55. The van der Waals surface area contributed by atoms with Crippen molar-refractivity contribution in [1.82, 2.24) is 4.90 Å². The molecule has 0 spiro atoms. The summed E-state index contributed by atoms with van der Waals surface area (Å²) in [5.74, 6) is 0.0489. The molecule has 1 amide bonds. The number of rotatable bonds is 5. The van der Waals surface area contributed by atoms with E-state index in [9.17, 15) is 4.79 Å². The van der Waals surface area contributed by atoms with Gasteiger partial charge in [-0.05, 0) is 47.8 Å². The summed E-state index contributed by atoms with van der Waals surface area (Å²) >= 11 is 2.22. The molecule has 0 aliphatic carbocycles. The molecule has 1 rings (SSSR count). The maximum Gasteiger partial charge on any atom is 0.238 e. The maximum atomic E-state index is 11.7. The van der Waals surface area contributed by atoms with Crippen LogP contribution in [0.3, 0.4) is 0 Å². The predicted octanol–water partition coefficient (Wildman–Crippen LogP) is 2.57. The van der Waals surface area contributed by atoms with Gasteiger partial charge in [0.1, 0.15) is 0 Å². The van der Waals surface area contributed by atoms with Gasteiger partial charge < -0.3 is 5.32 Å². The second kappa shape index (κ2) is 6.85. The molecule has 4 heteroatoms. The van der Waals surface area contributed by atoms with Gasteiger partial charge in [-0.25, -0.2) is 0 Å². The standard InChI is InChI=1S/C12H17IN2O/c1-3-15(4-2)9-12(16)14-11-8-6-5-7-10(11)13/h5-8H,3-4,9H2,1-2H3,(H,14,16). The van der Waals surface area contributed by atoms with Crippen molar-refractivity contribution in [3.05, 3.63) is 27.8 Å². The molecule has 1 aromatic carbocycles. The van der Waals surface area contributed by atoms with Crippen molar-refractivity contribution >= 4 is 34.2 Å². The highest BCUT2D eigenvalue weighted by atomic mass is 127. The van der Waals surface area contributed by atoms with E-state index < -0.39 is 0 Å². The number of carbonyl (C=O) groups excluding carboxylic acids is 1. The summed E-state index contributed by atoms with van der Waals surface area (Å²) in [4.78, 5) is 13.8. The van der Waals surface area contributed by atoms with Gasteiger partial charge in [-0.15, -0.1) is 0 Å². The van der Waals surface area contributed by atoms with Crippen molar-refractivity contribution in [2.24, 2.45) is 0 Å². The first kappa shape index (κ1) is 13.4. The third kappa shape index (κ3) is 4.09. The monoisotopic (exact) mass is 332 g/mol. The highest BCUT2D eigenvalue weighted by Gasteiger charge is 2.08. The first-order valence-electron chi connectivity index (χ1n) is 5.44. The van der Waals surface area contributed by atoms with E-state index in [1.165, 1.54) is 0 Å². The molecule has 88 valence electrons. The lowest BCUT2D eigenvalue weighted by Crippen LogP contribution is -2.33. The molecule has 0 bridgehead atoms. The number of carbonyl (C=O) groups is 1. The highest BCUT2D eigenvalue weighted by Crippen LogP contribution is 2.16. The van der Waals surface area contributed by atoms with Gasteiger partial charge in [0.2, 0.25) is 5.91 Å². The predicted molar refractivity (Wildman–Crippen MR) is 75.6 cm³/mol. The molecule has 0 atom stereocenters.